The van der Waals surface area contributed by atoms with E-state index in [0.717, 1.165) is 47.4 Å². The molecular weight excluding hydrogens is 759 g/mol. The van der Waals surface area contributed by atoms with E-state index in [9.17, 15) is 0 Å². The van der Waals surface area contributed by atoms with E-state index >= 15 is 0 Å². The summed E-state index contributed by atoms with van der Waals surface area (Å²) in [5.74, 6) is 2.37. The van der Waals surface area contributed by atoms with Gasteiger partial charge in [0.2, 0.25) is 0 Å². The first-order valence-electron chi connectivity index (χ1n) is 21.5. The number of para-hydroxylation sites is 1. The number of nitrogens with zero attached hydrogens (tertiary/aromatic N) is 1. The third-order valence-electron chi connectivity index (χ3n) is 13.2. The van der Waals surface area contributed by atoms with Gasteiger partial charge in [0.25, 0.3) is 0 Å². The van der Waals surface area contributed by atoms with Gasteiger partial charge in [-0.25, -0.2) is 0 Å². The summed E-state index contributed by atoms with van der Waals surface area (Å²) >= 11 is 1.94. The molecule has 1 unspecified atom stereocenters. The Morgan fingerprint density at radius 2 is 1.26 bits per heavy atom. The number of ether oxygens (including phenoxy) is 1. The number of hydrogen-bond donors (Lipinski definition) is 0. The van der Waals surface area contributed by atoms with E-state index in [1.54, 1.807) is 0 Å². The van der Waals surface area contributed by atoms with Crippen LogP contribution in [0.5, 0.6) is 11.5 Å². The molecule has 2 aliphatic rings. The second-order valence-corrected chi connectivity index (χ2v) is 17.9. The maximum atomic E-state index is 6.85. The maximum Gasteiger partial charge on any atom is 0.128 e. The van der Waals surface area contributed by atoms with Gasteiger partial charge < -0.3 is 9.30 Å². The minimum atomic E-state index is 0.327. The monoisotopic (exact) mass is 801 g/mol. The van der Waals surface area contributed by atoms with Crippen LogP contribution in [-0.2, 0) is 12.8 Å². The van der Waals surface area contributed by atoms with Crippen molar-refractivity contribution < 1.29 is 4.74 Å². The molecule has 61 heavy (non-hydrogen) atoms. The number of aryl methyl sites for hydroxylation is 1. The summed E-state index contributed by atoms with van der Waals surface area (Å²) in [6.07, 6.45) is 7.92. The second kappa shape index (κ2) is 14.7. The normalized spacial score (nSPS) is 15.7. The number of aromatic nitrogens is 1. The third kappa shape index (κ3) is 6.23. The second-order valence-electron chi connectivity index (χ2n) is 16.8. The van der Waals surface area contributed by atoms with Gasteiger partial charge in [-0.1, -0.05) is 128 Å². The van der Waals surface area contributed by atoms with Crippen molar-refractivity contribution in [3.05, 3.63) is 215 Å². The minimum Gasteiger partial charge on any atom is -0.457 e. The summed E-state index contributed by atoms with van der Waals surface area (Å²) in [5, 5.41) is 3.81. The molecule has 0 bridgehead atoms. The molecule has 10 aromatic rings. The van der Waals surface area contributed by atoms with Crippen molar-refractivity contribution in [2.45, 2.75) is 38.0 Å². The molecule has 2 atom stereocenters. The molecule has 0 radical (unpaired) electrons. The van der Waals surface area contributed by atoms with E-state index in [1.807, 2.05) is 11.3 Å². The molecule has 0 fully saturated rings. The smallest absolute Gasteiger partial charge is 0.128 e. The summed E-state index contributed by atoms with van der Waals surface area (Å²) in [5.41, 5.74) is 16.5. The minimum absolute atomic E-state index is 0.327. The molecule has 12 rings (SSSR count). The Bertz CT molecular complexity index is 3280. The SMILES string of the molecule is CC1c2ccc(Oc3ccc4c(c3)c3ccccc3n4-c3cc(-c4ccccc4)cc(-c4ccccc4)c3)cc2-c2ccccc2C[C@H]1c1ccc2sc3c(c2c1)CCC=C3. The lowest BCUT2D eigenvalue weighted by molar-refractivity contribution is 0.483. The lowest BCUT2D eigenvalue weighted by atomic mass is 9.80. The Hall–Kier alpha value is -6.94. The van der Waals surface area contributed by atoms with Crippen molar-refractivity contribution in [1.29, 1.82) is 0 Å². The Morgan fingerprint density at radius 3 is 2.08 bits per heavy atom. The van der Waals surface area contributed by atoms with Crippen LogP contribution in [0.3, 0.4) is 0 Å². The lowest BCUT2D eigenvalue weighted by Gasteiger charge is -2.24. The van der Waals surface area contributed by atoms with Crippen LogP contribution >= 0.6 is 11.3 Å². The molecule has 0 amide bonds. The van der Waals surface area contributed by atoms with Gasteiger partial charge >= 0.3 is 0 Å². The standard InChI is InChI=1S/C58H43NOS/c1-37-47-27-25-45(35-52(47)48-19-9-8-18-40(48)33-51(37)41-24-29-58-54(34-41)50-21-11-13-23-57(50)61-58)60-46-26-28-56-53(36-46)49-20-10-12-22-55(49)59(56)44-31-42(38-14-4-2-5-15-38)30-43(32-44)39-16-6-3-7-17-39/h2-10,12-20,22-32,34-37,51H,11,21,33H2,1H3/t37?,51-/m1/s1. The summed E-state index contributed by atoms with van der Waals surface area (Å²) < 4.78 is 10.7. The molecule has 0 spiro atoms. The molecule has 2 aliphatic carbocycles. The highest BCUT2D eigenvalue weighted by atomic mass is 32.1. The number of rotatable bonds is 6. The number of thiophene rings is 1. The molecule has 0 saturated carbocycles. The Labute approximate surface area is 360 Å². The molecule has 2 aromatic heterocycles. The fraction of sp³-hybridized carbons (Fsp3) is 0.103. The van der Waals surface area contributed by atoms with Gasteiger partial charge in [-0.2, -0.15) is 0 Å². The first-order valence-corrected chi connectivity index (χ1v) is 22.4. The molecule has 2 nitrogen and oxygen atoms in total. The third-order valence-corrected chi connectivity index (χ3v) is 14.4. The Morgan fingerprint density at radius 1 is 0.557 bits per heavy atom. The van der Waals surface area contributed by atoms with Crippen LogP contribution in [0.1, 0.15) is 52.3 Å². The van der Waals surface area contributed by atoms with Gasteiger partial charge in [-0.05, 0) is 165 Å². The van der Waals surface area contributed by atoms with Crippen LogP contribution in [0, 0.1) is 0 Å². The van der Waals surface area contributed by atoms with E-state index in [4.69, 9.17) is 4.74 Å². The molecule has 0 N–H and O–H groups in total. The van der Waals surface area contributed by atoms with Crippen LogP contribution in [0.15, 0.2) is 188 Å². The average molecular weight is 802 g/mol. The summed E-state index contributed by atoms with van der Waals surface area (Å²) in [4.78, 5) is 1.44. The first-order chi connectivity index (χ1) is 30.1. The lowest BCUT2D eigenvalue weighted by Crippen LogP contribution is -2.10. The molecular formula is C58H43NOS. The molecule has 0 aliphatic heterocycles. The molecule has 8 aromatic carbocycles. The van der Waals surface area contributed by atoms with Gasteiger partial charge in [-0.3, -0.25) is 0 Å². The number of hydrogen-bond acceptors (Lipinski definition) is 2. The molecule has 0 saturated heterocycles. The van der Waals surface area contributed by atoms with Gasteiger partial charge in [-0.15, -0.1) is 11.3 Å². The van der Waals surface area contributed by atoms with Crippen LogP contribution < -0.4 is 4.74 Å². The van der Waals surface area contributed by atoms with Crippen molar-refractivity contribution in [1.82, 2.24) is 4.57 Å². The van der Waals surface area contributed by atoms with E-state index in [-0.39, 0.29) is 0 Å². The van der Waals surface area contributed by atoms with Crippen molar-refractivity contribution in [3.63, 3.8) is 0 Å². The highest BCUT2D eigenvalue weighted by molar-refractivity contribution is 7.20. The zero-order valence-electron chi connectivity index (χ0n) is 34.0. The highest BCUT2D eigenvalue weighted by Gasteiger charge is 2.30. The van der Waals surface area contributed by atoms with Gasteiger partial charge in [0.1, 0.15) is 11.5 Å². The predicted molar refractivity (Wildman–Crippen MR) is 258 cm³/mol. The van der Waals surface area contributed by atoms with E-state index < -0.39 is 0 Å². The number of fused-ring (bicyclic) bond motifs is 9. The summed E-state index contributed by atoms with van der Waals surface area (Å²) in [7, 11) is 0. The summed E-state index contributed by atoms with van der Waals surface area (Å²) in [6, 6.07) is 66.7. The Kier molecular flexibility index (Phi) is 8.64. The quantitative estimate of drug-likeness (QED) is 0.163. The van der Waals surface area contributed by atoms with Crippen molar-refractivity contribution in [2.24, 2.45) is 0 Å². The van der Waals surface area contributed by atoms with E-state index in [2.05, 4.69) is 206 Å². The first kappa shape index (κ1) is 36.0. The van der Waals surface area contributed by atoms with E-state index in [0.29, 0.717) is 11.8 Å². The Balaban J connectivity index is 0.929. The van der Waals surface area contributed by atoms with Crippen LogP contribution in [0.4, 0.5) is 0 Å². The zero-order valence-corrected chi connectivity index (χ0v) is 34.8. The predicted octanol–water partition coefficient (Wildman–Crippen LogP) is 16.2. The summed E-state index contributed by atoms with van der Waals surface area (Å²) in [6.45, 7) is 2.42. The van der Waals surface area contributed by atoms with E-state index in [1.165, 1.54) is 81.5 Å². The molecule has 2 heterocycles. The fourth-order valence-corrected chi connectivity index (χ4v) is 11.4. The fourth-order valence-electron chi connectivity index (χ4n) is 10.2. The van der Waals surface area contributed by atoms with Crippen molar-refractivity contribution in [3.8, 4) is 50.6 Å². The van der Waals surface area contributed by atoms with Gasteiger partial charge in [0, 0.05) is 26.0 Å². The average Bonchev–Trinajstić information content (AvgIpc) is 3.82. The van der Waals surface area contributed by atoms with Gasteiger partial charge in [0.15, 0.2) is 0 Å². The maximum absolute atomic E-state index is 6.85. The number of allylic oxidation sites excluding steroid dienone is 1. The van der Waals surface area contributed by atoms with Crippen molar-refractivity contribution in [2.75, 3.05) is 0 Å². The largest absolute Gasteiger partial charge is 0.457 e. The topological polar surface area (TPSA) is 14.2 Å². The van der Waals surface area contributed by atoms with Crippen molar-refractivity contribution >= 4 is 49.3 Å². The van der Waals surface area contributed by atoms with Crippen LogP contribution in [-0.4, -0.2) is 4.57 Å². The zero-order chi connectivity index (χ0) is 40.4. The number of benzene rings is 8. The van der Waals surface area contributed by atoms with Crippen LogP contribution in [0.2, 0.25) is 0 Å². The molecule has 3 heteroatoms. The van der Waals surface area contributed by atoms with Crippen LogP contribution in [0.25, 0.3) is 77.0 Å². The van der Waals surface area contributed by atoms with Gasteiger partial charge in [0.05, 0.1) is 11.0 Å². The highest BCUT2D eigenvalue weighted by Crippen LogP contribution is 2.48. The molecule has 292 valence electrons.